The summed E-state index contributed by atoms with van der Waals surface area (Å²) in [5.41, 5.74) is 3.05. The van der Waals surface area contributed by atoms with Gasteiger partial charge in [0.15, 0.2) is 0 Å². The summed E-state index contributed by atoms with van der Waals surface area (Å²) in [4.78, 5) is 12.0. The zero-order chi connectivity index (χ0) is 13.1. The molecule has 4 heteroatoms. The van der Waals surface area contributed by atoms with Crippen LogP contribution in [0.1, 0.15) is 12.2 Å². The maximum absolute atomic E-state index is 8.61. The molecule has 0 saturated carbocycles. The van der Waals surface area contributed by atoms with Gasteiger partial charge < -0.3 is 4.98 Å². The third-order valence-electron chi connectivity index (χ3n) is 3.03. The summed E-state index contributed by atoms with van der Waals surface area (Å²) >= 11 is 0. The predicted octanol–water partition coefficient (Wildman–Crippen LogP) is 3.08. The number of H-pyrrole nitrogens is 1. The van der Waals surface area contributed by atoms with Crippen molar-refractivity contribution in [3.63, 3.8) is 0 Å². The first-order valence-electron chi connectivity index (χ1n) is 6.14. The Labute approximate surface area is 110 Å². The summed E-state index contributed by atoms with van der Waals surface area (Å²) in [6.45, 7) is 0. The maximum Gasteiger partial charge on any atom is 0.129 e. The molecule has 2 heterocycles. The number of fused-ring (bicyclic) bond motifs is 1. The van der Waals surface area contributed by atoms with E-state index in [2.05, 4.69) is 27.1 Å². The van der Waals surface area contributed by atoms with Crippen molar-refractivity contribution < 1.29 is 0 Å². The first-order valence-corrected chi connectivity index (χ1v) is 6.14. The smallest absolute Gasteiger partial charge is 0.129 e. The Kier molecular flexibility index (Phi) is 2.95. The van der Waals surface area contributed by atoms with Crippen LogP contribution in [0.5, 0.6) is 0 Å². The fourth-order valence-corrected chi connectivity index (χ4v) is 2.12. The van der Waals surface area contributed by atoms with Gasteiger partial charge in [0.2, 0.25) is 0 Å². The van der Waals surface area contributed by atoms with Gasteiger partial charge in [0.1, 0.15) is 5.82 Å². The number of nitrogens with one attached hydrogen (secondary N) is 1. The summed E-state index contributed by atoms with van der Waals surface area (Å²) in [6.07, 6.45) is 4.74. The van der Waals surface area contributed by atoms with Crippen LogP contribution in [0.15, 0.2) is 42.7 Å². The molecule has 0 amide bonds. The van der Waals surface area contributed by atoms with Crippen molar-refractivity contribution in [2.45, 2.75) is 12.8 Å². The van der Waals surface area contributed by atoms with Crippen LogP contribution in [0.3, 0.4) is 0 Å². The average Bonchev–Trinajstić information content (AvgIpc) is 2.89. The normalized spacial score (nSPS) is 10.5. The molecule has 0 aliphatic carbocycles. The lowest BCUT2D eigenvalue weighted by molar-refractivity contribution is 0.887. The summed E-state index contributed by atoms with van der Waals surface area (Å²) in [7, 11) is 0. The van der Waals surface area contributed by atoms with Crippen LogP contribution in [-0.4, -0.2) is 15.0 Å². The molecule has 1 aromatic carbocycles. The second-order valence-electron chi connectivity index (χ2n) is 4.26. The summed E-state index contributed by atoms with van der Waals surface area (Å²) in [5.74, 6) is 0.712. The van der Waals surface area contributed by atoms with Crippen LogP contribution in [0.25, 0.3) is 22.2 Å². The van der Waals surface area contributed by atoms with Crippen LogP contribution in [0, 0.1) is 11.3 Å². The number of aromatic nitrogens is 3. The molecule has 0 spiro atoms. The largest absolute Gasteiger partial charge is 0.360 e. The Morgan fingerprint density at radius 3 is 3.00 bits per heavy atom. The van der Waals surface area contributed by atoms with E-state index in [1.54, 1.807) is 6.20 Å². The summed E-state index contributed by atoms with van der Waals surface area (Å²) in [6, 6.07) is 12.1. The van der Waals surface area contributed by atoms with Gasteiger partial charge in [0, 0.05) is 41.7 Å². The molecule has 4 nitrogen and oxygen atoms in total. The number of para-hydroxylation sites is 1. The number of benzene rings is 1. The zero-order valence-electron chi connectivity index (χ0n) is 10.3. The molecule has 0 aliphatic heterocycles. The van der Waals surface area contributed by atoms with Crippen LogP contribution in [0.4, 0.5) is 0 Å². The van der Waals surface area contributed by atoms with Crippen LogP contribution < -0.4 is 0 Å². The summed E-state index contributed by atoms with van der Waals surface area (Å²) < 4.78 is 0. The van der Waals surface area contributed by atoms with Crippen molar-refractivity contribution in [1.82, 2.24) is 15.0 Å². The van der Waals surface area contributed by atoms with Crippen molar-refractivity contribution in [2.75, 3.05) is 0 Å². The molecule has 3 aromatic rings. The monoisotopic (exact) mass is 248 g/mol. The van der Waals surface area contributed by atoms with E-state index >= 15 is 0 Å². The summed E-state index contributed by atoms with van der Waals surface area (Å²) in [5, 5.41) is 9.76. The van der Waals surface area contributed by atoms with Gasteiger partial charge in [-0.15, -0.1) is 0 Å². The number of nitrogens with zero attached hydrogens (tertiary/aromatic N) is 3. The third kappa shape index (κ3) is 2.18. The molecular weight excluding hydrogens is 236 g/mol. The van der Waals surface area contributed by atoms with E-state index in [4.69, 9.17) is 5.26 Å². The molecule has 0 fully saturated rings. The number of aromatic amines is 1. The molecule has 0 atom stereocenters. The fourth-order valence-electron chi connectivity index (χ4n) is 2.12. The van der Waals surface area contributed by atoms with E-state index in [-0.39, 0.29) is 0 Å². The highest BCUT2D eigenvalue weighted by Gasteiger charge is 2.07. The lowest BCUT2D eigenvalue weighted by Gasteiger charge is -2.01. The SMILES string of the molecule is N#CCCc1nccc(-c2c[nH]c3ccccc23)n1. The second-order valence-corrected chi connectivity index (χ2v) is 4.26. The van der Waals surface area contributed by atoms with Crippen LogP contribution in [0.2, 0.25) is 0 Å². The molecular formula is C15H12N4. The van der Waals surface area contributed by atoms with E-state index in [9.17, 15) is 0 Å². The lowest BCUT2D eigenvalue weighted by Crippen LogP contribution is -1.95. The Morgan fingerprint density at radius 1 is 1.21 bits per heavy atom. The molecule has 1 N–H and O–H groups in total. The van der Waals surface area contributed by atoms with Gasteiger partial charge in [-0.3, -0.25) is 0 Å². The van der Waals surface area contributed by atoms with Crippen molar-refractivity contribution in [2.24, 2.45) is 0 Å². The Hall–Kier alpha value is -2.67. The molecule has 3 rings (SSSR count). The minimum absolute atomic E-state index is 0.442. The maximum atomic E-state index is 8.61. The second kappa shape index (κ2) is 4.91. The van der Waals surface area contributed by atoms with E-state index in [1.807, 2.05) is 30.5 Å². The van der Waals surface area contributed by atoms with Crippen LogP contribution >= 0.6 is 0 Å². The number of aryl methyl sites for hydroxylation is 1. The number of rotatable bonds is 3. The van der Waals surface area contributed by atoms with Crippen LogP contribution in [-0.2, 0) is 6.42 Å². The number of nitriles is 1. The molecule has 0 saturated heterocycles. The molecule has 0 unspecified atom stereocenters. The van der Waals surface area contributed by atoms with Crippen molar-refractivity contribution in [1.29, 1.82) is 5.26 Å². The topological polar surface area (TPSA) is 65.4 Å². The molecule has 2 aromatic heterocycles. The van der Waals surface area contributed by atoms with Crippen molar-refractivity contribution in [3.05, 3.63) is 48.5 Å². The number of hydrogen-bond donors (Lipinski definition) is 1. The van der Waals surface area contributed by atoms with Gasteiger partial charge in [-0.25, -0.2) is 9.97 Å². The first-order chi connectivity index (χ1) is 9.38. The van der Waals surface area contributed by atoms with Gasteiger partial charge in [-0.1, -0.05) is 18.2 Å². The Balaban J connectivity index is 2.04. The predicted molar refractivity (Wildman–Crippen MR) is 73.3 cm³/mol. The van der Waals surface area contributed by atoms with E-state index < -0.39 is 0 Å². The third-order valence-corrected chi connectivity index (χ3v) is 3.03. The van der Waals surface area contributed by atoms with Gasteiger partial charge >= 0.3 is 0 Å². The van der Waals surface area contributed by atoms with E-state index in [1.165, 1.54) is 0 Å². The van der Waals surface area contributed by atoms with Crippen molar-refractivity contribution in [3.8, 4) is 17.3 Å². The average molecular weight is 248 g/mol. The molecule has 0 radical (unpaired) electrons. The van der Waals surface area contributed by atoms with E-state index in [0.717, 1.165) is 22.2 Å². The van der Waals surface area contributed by atoms with Crippen molar-refractivity contribution >= 4 is 10.9 Å². The highest BCUT2D eigenvalue weighted by atomic mass is 14.9. The molecule has 0 aliphatic rings. The van der Waals surface area contributed by atoms with E-state index in [0.29, 0.717) is 18.7 Å². The minimum atomic E-state index is 0.442. The van der Waals surface area contributed by atoms with Gasteiger partial charge in [0.05, 0.1) is 11.8 Å². The molecule has 92 valence electrons. The Bertz CT molecular complexity index is 752. The fraction of sp³-hybridized carbons (Fsp3) is 0.133. The van der Waals surface area contributed by atoms with Gasteiger partial charge in [-0.05, 0) is 12.1 Å². The highest BCUT2D eigenvalue weighted by Crippen LogP contribution is 2.26. The minimum Gasteiger partial charge on any atom is -0.360 e. The Morgan fingerprint density at radius 2 is 2.11 bits per heavy atom. The lowest BCUT2D eigenvalue weighted by atomic mass is 10.1. The van der Waals surface area contributed by atoms with Gasteiger partial charge in [0.25, 0.3) is 0 Å². The quantitative estimate of drug-likeness (QED) is 0.774. The first kappa shape index (κ1) is 11.4. The molecule has 0 bridgehead atoms. The molecule has 19 heavy (non-hydrogen) atoms. The number of hydrogen-bond acceptors (Lipinski definition) is 3. The zero-order valence-corrected chi connectivity index (χ0v) is 10.3. The highest BCUT2D eigenvalue weighted by molar-refractivity contribution is 5.94. The van der Waals surface area contributed by atoms with Gasteiger partial charge in [-0.2, -0.15) is 5.26 Å². The standard InChI is InChI=1S/C15H12N4/c16-8-3-6-15-17-9-7-14(19-15)12-10-18-13-5-2-1-4-11(12)13/h1-2,4-5,7,9-10,18H,3,6H2.